The third-order valence-corrected chi connectivity index (χ3v) is 4.28. The van der Waals surface area contributed by atoms with Crippen molar-refractivity contribution in [2.45, 2.75) is 44.2 Å². The Morgan fingerprint density at radius 3 is 2.58 bits per heavy atom. The van der Waals surface area contributed by atoms with E-state index in [0.717, 1.165) is 24.9 Å². The molecule has 1 unspecified atom stereocenters. The normalized spacial score (nSPS) is 20.8. The predicted molar refractivity (Wildman–Crippen MR) is 75.3 cm³/mol. The van der Waals surface area contributed by atoms with Gasteiger partial charge in [-0.05, 0) is 44.1 Å². The molecule has 1 aromatic rings. The van der Waals surface area contributed by atoms with Gasteiger partial charge in [-0.15, -0.1) is 0 Å². The van der Waals surface area contributed by atoms with Crippen LogP contribution >= 0.6 is 0 Å². The molecule has 0 aromatic heterocycles. The van der Waals surface area contributed by atoms with Crippen molar-refractivity contribution >= 4 is 0 Å². The molecule has 2 aliphatic carbocycles. The molecule has 2 N–H and O–H groups in total. The number of hydrogen-bond donors (Lipinski definition) is 1. The maximum atomic E-state index is 13.7. The predicted octanol–water partition coefficient (Wildman–Crippen LogP) is 3.09. The molecule has 2 saturated carbocycles. The van der Waals surface area contributed by atoms with Crippen molar-refractivity contribution in [3.8, 4) is 0 Å². The van der Waals surface area contributed by atoms with E-state index in [0.29, 0.717) is 5.56 Å². The number of rotatable bonds is 7. The Bertz CT molecular complexity index is 427. The first-order chi connectivity index (χ1) is 9.24. The highest BCUT2D eigenvalue weighted by Crippen LogP contribution is 2.35. The van der Waals surface area contributed by atoms with Crippen LogP contribution < -0.4 is 5.73 Å². The van der Waals surface area contributed by atoms with Crippen LogP contribution in [0.5, 0.6) is 0 Å². The molecular formula is C16H23FN2. The summed E-state index contributed by atoms with van der Waals surface area (Å²) in [5.41, 5.74) is 6.80. The zero-order valence-corrected chi connectivity index (χ0v) is 11.4. The lowest BCUT2D eigenvalue weighted by Gasteiger charge is -2.24. The van der Waals surface area contributed by atoms with Crippen LogP contribution in [0, 0.1) is 11.7 Å². The van der Waals surface area contributed by atoms with Gasteiger partial charge < -0.3 is 10.6 Å². The van der Waals surface area contributed by atoms with Gasteiger partial charge in [0.1, 0.15) is 5.82 Å². The molecule has 2 aliphatic rings. The van der Waals surface area contributed by atoms with Crippen molar-refractivity contribution in [3.63, 3.8) is 0 Å². The Kier molecular flexibility index (Phi) is 3.85. The molecular weight excluding hydrogens is 239 g/mol. The third-order valence-electron chi connectivity index (χ3n) is 4.28. The maximum absolute atomic E-state index is 13.7. The minimum absolute atomic E-state index is 0.171. The summed E-state index contributed by atoms with van der Waals surface area (Å²) in [4.78, 5) is 2.58. The highest BCUT2D eigenvalue weighted by Gasteiger charge is 2.33. The number of benzene rings is 1. The van der Waals surface area contributed by atoms with Crippen LogP contribution in [0.1, 0.15) is 43.7 Å². The van der Waals surface area contributed by atoms with Crippen LogP contribution in [-0.4, -0.2) is 24.0 Å². The van der Waals surface area contributed by atoms with Gasteiger partial charge in [0.2, 0.25) is 0 Å². The average molecular weight is 262 g/mol. The summed E-state index contributed by atoms with van der Waals surface area (Å²) in [5, 5.41) is 0. The van der Waals surface area contributed by atoms with E-state index in [1.165, 1.54) is 38.3 Å². The van der Waals surface area contributed by atoms with Gasteiger partial charge in [-0.3, -0.25) is 0 Å². The third kappa shape index (κ3) is 3.54. The second kappa shape index (κ2) is 5.59. The second-order valence-corrected chi connectivity index (χ2v) is 6.09. The maximum Gasteiger partial charge on any atom is 0.127 e. The van der Waals surface area contributed by atoms with E-state index in [1.54, 1.807) is 6.07 Å². The van der Waals surface area contributed by atoms with Crippen LogP contribution in [-0.2, 0) is 0 Å². The molecule has 0 radical (unpaired) electrons. The molecule has 104 valence electrons. The smallest absolute Gasteiger partial charge is 0.127 e. The zero-order valence-electron chi connectivity index (χ0n) is 11.4. The van der Waals surface area contributed by atoms with Gasteiger partial charge in [0.05, 0.1) is 0 Å². The Balaban J connectivity index is 1.53. The first-order valence-corrected chi connectivity index (χ1v) is 7.48. The Hall–Kier alpha value is -0.930. The molecule has 2 nitrogen and oxygen atoms in total. The van der Waals surface area contributed by atoms with E-state index in [2.05, 4.69) is 4.90 Å². The molecule has 0 bridgehead atoms. The summed E-state index contributed by atoms with van der Waals surface area (Å²) in [6.07, 6.45) is 6.30. The fourth-order valence-electron chi connectivity index (χ4n) is 2.73. The minimum Gasteiger partial charge on any atom is -0.324 e. The molecule has 19 heavy (non-hydrogen) atoms. The van der Waals surface area contributed by atoms with E-state index in [1.807, 2.05) is 12.1 Å². The molecule has 0 amide bonds. The average Bonchev–Trinajstić information content (AvgIpc) is 3.27. The van der Waals surface area contributed by atoms with Gasteiger partial charge in [0.25, 0.3) is 0 Å². The molecule has 0 saturated heterocycles. The van der Waals surface area contributed by atoms with Gasteiger partial charge in [0.15, 0.2) is 0 Å². The fraction of sp³-hybridized carbons (Fsp3) is 0.625. The lowest BCUT2D eigenvalue weighted by atomic mass is 10.0. The lowest BCUT2D eigenvalue weighted by molar-refractivity contribution is 0.242. The summed E-state index contributed by atoms with van der Waals surface area (Å²) in [7, 11) is 0. The van der Waals surface area contributed by atoms with Crippen molar-refractivity contribution in [2.75, 3.05) is 13.1 Å². The van der Waals surface area contributed by atoms with Crippen molar-refractivity contribution in [1.82, 2.24) is 4.90 Å². The first kappa shape index (κ1) is 13.1. The van der Waals surface area contributed by atoms with E-state index < -0.39 is 0 Å². The largest absolute Gasteiger partial charge is 0.324 e. The summed E-state index contributed by atoms with van der Waals surface area (Å²) >= 11 is 0. The van der Waals surface area contributed by atoms with Gasteiger partial charge in [-0.2, -0.15) is 0 Å². The van der Waals surface area contributed by atoms with Crippen molar-refractivity contribution in [1.29, 1.82) is 0 Å². The van der Waals surface area contributed by atoms with Gasteiger partial charge in [-0.1, -0.05) is 18.2 Å². The molecule has 0 heterocycles. The van der Waals surface area contributed by atoms with Crippen molar-refractivity contribution < 1.29 is 4.39 Å². The highest BCUT2D eigenvalue weighted by molar-refractivity contribution is 5.20. The quantitative estimate of drug-likeness (QED) is 0.818. The lowest BCUT2D eigenvalue weighted by Crippen LogP contribution is -2.31. The van der Waals surface area contributed by atoms with Crippen LogP contribution in [0.2, 0.25) is 0 Å². The van der Waals surface area contributed by atoms with Gasteiger partial charge in [-0.25, -0.2) is 4.39 Å². The number of hydrogen-bond acceptors (Lipinski definition) is 2. The molecule has 3 rings (SSSR count). The topological polar surface area (TPSA) is 29.3 Å². The Morgan fingerprint density at radius 1 is 1.21 bits per heavy atom. The van der Waals surface area contributed by atoms with E-state index in [4.69, 9.17) is 5.73 Å². The first-order valence-electron chi connectivity index (χ1n) is 7.48. The molecule has 3 heteroatoms. The monoisotopic (exact) mass is 262 g/mol. The summed E-state index contributed by atoms with van der Waals surface area (Å²) < 4.78 is 13.7. The van der Waals surface area contributed by atoms with E-state index >= 15 is 0 Å². The second-order valence-electron chi connectivity index (χ2n) is 6.09. The molecule has 0 aliphatic heterocycles. The molecule has 1 atom stereocenters. The number of halogens is 1. The standard InChI is InChI=1S/C16H23FN2/c17-15-4-2-1-3-14(15)16(18)9-10-19(13-7-8-13)11-12-5-6-12/h1-4,12-13,16H,5-11,18H2. The molecule has 2 fully saturated rings. The zero-order chi connectivity index (χ0) is 13.2. The summed E-state index contributed by atoms with van der Waals surface area (Å²) in [5.74, 6) is 0.750. The van der Waals surface area contributed by atoms with E-state index in [9.17, 15) is 4.39 Å². The van der Waals surface area contributed by atoms with Crippen LogP contribution in [0.25, 0.3) is 0 Å². The van der Waals surface area contributed by atoms with Gasteiger partial charge in [0, 0.05) is 30.7 Å². The van der Waals surface area contributed by atoms with Crippen LogP contribution in [0.4, 0.5) is 4.39 Å². The highest BCUT2D eigenvalue weighted by atomic mass is 19.1. The molecule has 0 spiro atoms. The molecule has 1 aromatic carbocycles. The Morgan fingerprint density at radius 2 is 1.95 bits per heavy atom. The van der Waals surface area contributed by atoms with E-state index in [-0.39, 0.29) is 11.9 Å². The summed E-state index contributed by atoms with van der Waals surface area (Å²) in [6.45, 7) is 2.24. The van der Waals surface area contributed by atoms with Crippen molar-refractivity contribution in [2.24, 2.45) is 11.7 Å². The van der Waals surface area contributed by atoms with Crippen LogP contribution in [0.3, 0.4) is 0 Å². The minimum atomic E-state index is -0.179. The Labute approximate surface area is 114 Å². The SMILES string of the molecule is NC(CCN(CC1CC1)C1CC1)c1ccccc1F. The summed E-state index contributed by atoms with van der Waals surface area (Å²) in [6, 6.07) is 7.49. The fourth-order valence-corrected chi connectivity index (χ4v) is 2.73. The number of nitrogens with zero attached hydrogens (tertiary/aromatic N) is 1. The van der Waals surface area contributed by atoms with Crippen molar-refractivity contribution in [3.05, 3.63) is 35.6 Å². The number of nitrogens with two attached hydrogens (primary N) is 1. The van der Waals surface area contributed by atoms with Gasteiger partial charge >= 0.3 is 0 Å². The van der Waals surface area contributed by atoms with Crippen LogP contribution in [0.15, 0.2) is 24.3 Å².